The molecule has 0 aromatic heterocycles. The van der Waals surface area contributed by atoms with Gasteiger partial charge in [-0.15, -0.1) is 0 Å². The van der Waals surface area contributed by atoms with Gasteiger partial charge in [0.25, 0.3) is 0 Å². The van der Waals surface area contributed by atoms with Gasteiger partial charge < -0.3 is 14.7 Å². The molecular formula is C13H16N2O3. The monoisotopic (exact) mass is 248 g/mol. The topological polar surface area (TPSA) is 74.8 Å². The molecule has 1 aromatic carbocycles. The van der Waals surface area contributed by atoms with E-state index in [0.717, 1.165) is 5.56 Å². The normalized spacial score (nSPS) is 12.8. The van der Waals surface area contributed by atoms with Gasteiger partial charge in [-0.3, -0.25) is 0 Å². The maximum Gasteiger partial charge on any atom is 0.141 e. The first-order valence-corrected chi connectivity index (χ1v) is 5.60. The Kier molecular flexibility index (Phi) is 5.68. The van der Waals surface area contributed by atoms with Crippen LogP contribution in [0.5, 0.6) is 5.75 Å². The minimum atomic E-state index is -0.417. The van der Waals surface area contributed by atoms with E-state index >= 15 is 0 Å². The summed E-state index contributed by atoms with van der Waals surface area (Å²) in [6.45, 7) is 4.16. The first-order valence-electron chi connectivity index (χ1n) is 5.60. The molecule has 1 aromatic rings. The van der Waals surface area contributed by atoms with Crippen LogP contribution in [-0.4, -0.2) is 30.2 Å². The van der Waals surface area contributed by atoms with Crippen molar-refractivity contribution in [1.29, 1.82) is 5.26 Å². The molecule has 0 aliphatic carbocycles. The van der Waals surface area contributed by atoms with Gasteiger partial charge in [0.05, 0.1) is 18.4 Å². The van der Waals surface area contributed by atoms with Crippen molar-refractivity contribution >= 4 is 5.71 Å². The minimum absolute atomic E-state index is 0.369. The molecule has 5 heteroatoms. The van der Waals surface area contributed by atoms with Gasteiger partial charge in [0.15, 0.2) is 0 Å². The molecule has 0 radical (unpaired) electrons. The van der Waals surface area contributed by atoms with Crippen LogP contribution in [0.2, 0.25) is 0 Å². The van der Waals surface area contributed by atoms with Crippen molar-refractivity contribution in [3.05, 3.63) is 29.8 Å². The van der Waals surface area contributed by atoms with Gasteiger partial charge >= 0.3 is 0 Å². The number of oxime groups is 1. The van der Waals surface area contributed by atoms with E-state index in [1.54, 1.807) is 26.0 Å². The smallest absolute Gasteiger partial charge is 0.141 e. The Hall–Kier alpha value is -2.06. The Labute approximate surface area is 106 Å². The predicted molar refractivity (Wildman–Crippen MR) is 67.0 cm³/mol. The van der Waals surface area contributed by atoms with Crippen molar-refractivity contribution in [2.24, 2.45) is 5.16 Å². The van der Waals surface area contributed by atoms with Gasteiger partial charge in [0.2, 0.25) is 0 Å². The van der Waals surface area contributed by atoms with E-state index in [1.807, 2.05) is 18.2 Å². The van der Waals surface area contributed by atoms with Crippen LogP contribution in [0.25, 0.3) is 0 Å². The molecule has 1 rings (SSSR count). The highest BCUT2D eigenvalue weighted by Crippen LogP contribution is 2.12. The summed E-state index contributed by atoms with van der Waals surface area (Å²) in [5.74, 6) is 0.706. The van der Waals surface area contributed by atoms with E-state index < -0.39 is 6.10 Å². The van der Waals surface area contributed by atoms with Crippen LogP contribution >= 0.6 is 0 Å². The average molecular weight is 248 g/mol. The number of nitrogens with zero attached hydrogens (tertiary/aromatic N) is 2. The van der Waals surface area contributed by atoms with Crippen LogP contribution in [0.15, 0.2) is 29.4 Å². The molecule has 0 aliphatic rings. The van der Waals surface area contributed by atoms with Crippen molar-refractivity contribution in [1.82, 2.24) is 0 Å². The van der Waals surface area contributed by atoms with Crippen molar-refractivity contribution < 1.29 is 14.7 Å². The fraction of sp³-hybridized carbons (Fsp3) is 0.385. The van der Waals surface area contributed by atoms with Crippen LogP contribution in [0.3, 0.4) is 0 Å². The Morgan fingerprint density at radius 3 is 2.61 bits per heavy atom. The zero-order valence-electron chi connectivity index (χ0n) is 10.5. The van der Waals surface area contributed by atoms with Crippen LogP contribution < -0.4 is 4.74 Å². The molecule has 0 spiro atoms. The second-order valence-corrected chi connectivity index (χ2v) is 3.70. The minimum Gasteiger partial charge on any atom is -0.491 e. The van der Waals surface area contributed by atoms with E-state index in [4.69, 9.17) is 19.9 Å². The molecule has 0 bridgehead atoms. The quantitative estimate of drug-likeness (QED) is 0.362. The second kappa shape index (κ2) is 7.30. The number of hydrogen-bond acceptors (Lipinski definition) is 5. The lowest BCUT2D eigenvalue weighted by Crippen LogP contribution is -2.12. The highest BCUT2D eigenvalue weighted by Gasteiger charge is 2.00. The summed E-state index contributed by atoms with van der Waals surface area (Å²) in [5.41, 5.74) is 1.38. The molecule has 96 valence electrons. The summed E-state index contributed by atoms with van der Waals surface area (Å²) in [4.78, 5) is 0. The molecule has 1 atom stereocenters. The van der Waals surface area contributed by atoms with Crippen molar-refractivity contribution in [2.45, 2.75) is 20.0 Å². The Morgan fingerprint density at radius 2 is 2.06 bits per heavy atom. The molecule has 0 amide bonds. The number of nitriles is 1. The summed E-state index contributed by atoms with van der Waals surface area (Å²) in [7, 11) is 0. The van der Waals surface area contributed by atoms with E-state index in [9.17, 15) is 0 Å². The summed E-state index contributed by atoms with van der Waals surface area (Å²) >= 11 is 0. The summed E-state index contributed by atoms with van der Waals surface area (Å²) in [6, 6.07) is 9.17. The third-order valence-electron chi connectivity index (χ3n) is 2.32. The van der Waals surface area contributed by atoms with Gasteiger partial charge in [0.1, 0.15) is 18.5 Å². The van der Waals surface area contributed by atoms with Crippen LogP contribution in [0.4, 0.5) is 0 Å². The number of rotatable bonds is 6. The highest BCUT2D eigenvalue weighted by molar-refractivity contribution is 5.98. The first kappa shape index (κ1) is 14.0. The number of hydrogen-bond donors (Lipinski definition) is 1. The highest BCUT2D eigenvalue weighted by atomic mass is 16.5. The molecule has 0 fully saturated rings. The van der Waals surface area contributed by atoms with Crippen molar-refractivity contribution in [3.8, 4) is 11.8 Å². The van der Waals surface area contributed by atoms with Gasteiger partial charge in [-0.05, 0) is 43.7 Å². The molecule has 0 saturated carbocycles. The van der Waals surface area contributed by atoms with Gasteiger partial charge in [0, 0.05) is 0 Å². The van der Waals surface area contributed by atoms with E-state index in [2.05, 4.69) is 5.16 Å². The second-order valence-electron chi connectivity index (χ2n) is 3.70. The third-order valence-corrected chi connectivity index (χ3v) is 2.32. The third kappa shape index (κ3) is 4.44. The van der Waals surface area contributed by atoms with Gasteiger partial charge in [-0.1, -0.05) is 5.16 Å². The molecular weight excluding hydrogens is 232 g/mol. The van der Waals surface area contributed by atoms with Crippen LogP contribution in [-0.2, 0) is 4.74 Å². The van der Waals surface area contributed by atoms with E-state index in [0.29, 0.717) is 24.7 Å². The zero-order valence-corrected chi connectivity index (χ0v) is 10.5. The number of ether oxygens (including phenoxy) is 2. The van der Waals surface area contributed by atoms with Gasteiger partial charge in [-0.25, -0.2) is 0 Å². The van der Waals surface area contributed by atoms with E-state index in [1.165, 1.54) is 0 Å². The number of benzene rings is 1. The average Bonchev–Trinajstić information content (AvgIpc) is 2.43. The van der Waals surface area contributed by atoms with Crippen LogP contribution in [0, 0.1) is 11.3 Å². The van der Waals surface area contributed by atoms with Crippen molar-refractivity contribution in [2.75, 3.05) is 13.2 Å². The predicted octanol–water partition coefficient (Wildman–Crippen LogP) is 2.19. The Balaban J connectivity index is 2.38. The van der Waals surface area contributed by atoms with Crippen LogP contribution in [0.1, 0.15) is 19.4 Å². The molecule has 0 aliphatic heterocycles. The largest absolute Gasteiger partial charge is 0.491 e. The lowest BCUT2D eigenvalue weighted by molar-refractivity contribution is 0.0744. The maximum absolute atomic E-state index is 8.62. The lowest BCUT2D eigenvalue weighted by atomic mass is 10.1. The SMILES string of the molecule is C/C(=N\O)c1ccc(OCCOC(C)C#N)cc1. The van der Waals surface area contributed by atoms with Crippen molar-refractivity contribution in [3.63, 3.8) is 0 Å². The molecule has 0 heterocycles. The summed E-state index contributed by atoms with van der Waals surface area (Å²) in [5, 5.41) is 20.2. The maximum atomic E-state index is 8.62. The van der Waals surface area contributed by atoms with E-state index in [-0.39, 0.29) is 0 Å². The molecule has 1 N–H and O–H groups in total. The fourth-order valence-electron chi connectivity index (χ4n) is 1.27. The standard InChI is InChI=1S/C13H16N2O3/c1-10(9-14)17-7-8-18-13-5-3-12(4-6-13)11(2)15-16/h3-6,10,16H,7-8H2,1-2H3/b15-11+. The molecule has 18 heavy (non-hydrogen) atoms. The lowest BCUT2D eigenvalue weighted by Gasteiger charge is -2.08. The Morgan fingerprint density at radius 1 is 1.39 bits per heavy atom. The Bertz CT molecular complexity index is 435. The first-order chi connectivity index (χ1) is 8.67. The molecule has 0 saturated heterocycles. The molecule has 1 unspecified atom stereocenters. The molecule has 5 nitrogen and oxygen atoms in total. The zero-order chi connectivity index (χ0) is 13.4. The van der Waals surface area contributed by atoms with Gasteiger partial charge in [-0.2, -0.15) is 5.26 Å². The summed E-state index contributed by atoms with van der Waals surface area (Å²) in [6.07, 6.45) is -0.417. The fourth-order valence-corrected chi connectivity index (χ4v) is 1.27. The summed E-state index contributed by atoms with van der Waals surface area (Å²) < 4.78 is 10.6.